The summed E-state index contributed by atoms with van der Waals surface area (Å²) in [4.78, 5) is 4.54. The van der Waals surface area contributed by atoms with Crippen molar-refractivity contribution in [1.29, 1.82) is 0 Å². The van der Waals surface area contributed by atoms with E-state index in [0.717, 1.165) is 29.5 Å². The lowest BCUT2D eigenvalue weighted by atomic mass is 10.1. The topological polar surface area (TPSA) is 30.8 Å². The highest BCUT2D eigenvalue weighted by Crippen LogP contribution is 2.18. The van der Waals surface area contributed by atoms with Crippen molar-refractivity contribution in [2.24, 2.45) is 4.99 Å². The lowest BCUT2D eigenvalue weighted by molar-refractivity contribution is 0.0586. The van der Waals surface area contributed by atoms with E-state index >= 15 is 0 Å². The fraction of sp³-hybridized carbons (Fsp3) is 0.750. The highest BCUT2D eigenvalue weighted by atomic mass is 79.9. The molecule has 0 N–H and O–H groups in total. The van der Waals surface area contributed by atoms with Gasteiger partial charge in [-0.2, -0.15) is 0 Å². The van der Waals surface area contributed by atoms with E-state index in [2.05, 4.69) is 27.8 Å². The average Bonchev–Trinajstić information content (AvgIpc) is 2.30. The van der Waals surface area contributed by atoms with Crippen molar-refractivity contribution >= 4 is 22.1 Å². The first kappa shape index (κ1) is 13.7. The van der Waals surface area contributed by atoms with Crippen LogP contribution in [0.5, 0.6) is 0 Å². The third-order valence-corrected chi connectivity index (χ3v) is 3.60. The van der Waals surface area contributed by atoms with Gasteiger partial charge in [0.05, 0.1) is 23.2 Å². The molecule has 0 bridgehead atoms. The summed E-state index contributed by atoms with van der Waals surface area (Å²) < 4.78 is 12.0. The quantitative estimate of drug-likeness (QED) is 0.781. The monoisotopic (exact) mass is 289 g/mol. The van der Waals surface area contributed by atoms with Gasteiger partial charge in [0.25, 0.3) is 0 Å². The van der Waals surface area contributed by atoms with E-state index < -0.39 is 0 Å². The van der Waals surface area contributed by atoms with E-state index in [0.29, 0.717) is 12.6 Å². The molecule has 92 valence electrons. The number of hydrogen-bond donors (Lipinski definition) is 0. The predicted molar refractivity (Wildman–Crippen MR) is 70.2 cm³/mol. The SMILES string of the molecule is CCC1CC(OC)CCO/C(C)=C(\Br)C=N1. The molecule has 0 radical (unpaired) electrons. The summed E-state index contributed by atoms with van der Waals surface area (Å²) in [5, 5.41) is 0. The van der Waals surface area contributed by atoms with Gasteiger partial charge >= 0.3 is 0 Å². The molecule has 0 saturated carbocycles. The van der Waals surface area contributed by atoms with E-state index in [-0.39, 0.29) is 6.10 Å². The summed E-state index contributed by atoms with van der Waals surface area (Å²) >= 11 is 3.46. The molecule has 0 spiro atoms. The Bertz CT molecular complexity index is 276. The van der Waals surface area contributed by atoms with Crippen LogP contribution < -0.4 is 0 Å². The largest absolute Gasteiger partial charge is 0.497 e. The van der Waals surface area contributed by atoms with Gasteiger partial charge < -0.3 is 9.47 Å². The highest BCUT2D eigenvalue weighted by molar-refractivity contribution is 9.12. The van der Waals surface area contributed by atoms with E-state index in [9.17, 15) is 0 Å². The molecular weight excluding hydrogens is 270 g/mol. The van der Waals surface area contributed by atoms with Crippen LogP contribution in [0.25, 0.3) is 0 Å². The maximum atomic E-state index is 5.59. The molecule has 0 aromatic heterocycles. The van der Waals surface area contributed by atoms with Gasteiger partial charge in [0.15, 0.2) is 0 Å². The Balaban J connectivity index is 2.76. The van der Waals surface area contributed by atoms with Crippen LogP contribution in [0.1, 0.15) is 33.1 Å². The first-order valence-electron chi connectivity index (χ1n) is 5.72. The predicted octanol–water partition coefficient (Wildman–Crippen LogP) is 3.29. The number of hydrogen-bond acceptors (Lipinski definition) is 3. The molecule has 0 aromatic carbocycles. The number of ether oxygens (including phenoxy) is 2. The summed E-state index contributed by atoms with van der Waals surface area (Å²) in [6.07, 6.45) is 5.01. The zero-order valence-corrected chi connectivity index (χ0v) is 11.8. The summed E-state index contributed by atoms with van der Waals surface area (Å²) in [5.41, 5.74) is 0. The summed E-state index contributed by atoms with van der Waals surface area (Å²) in [6.45, 7) is 4.80. The van der Waals surface area contributed by atoms with Crippen LogP contribution >= 0.6 is 15.9 Å². The third kappa shape index (κ3) is 4.26. The van der Waals surface area contributed by atoms with Crippen molar-refractivity contribution in [3.05, 3.63) is 10.2 Å². The second-order valence-corrected chi connectivity index (χ2v) is 4.83. The standard InChI is InChI=1S/C12H20BrNO2/c1-4-10-7-11(15-3)5-6-16-9(2)12(13)8-14-10/h8,10-11H,4-7H2,1-3H3/b12-9-,14-8?. The number of nitrogens with zero attached hydrogens (tertiary/aromatic N) is 1. The maximum Gasteiger partial charge on any atom is 0.109 e. The molecule has 2 atom stereocenters. The van der Waals surface area contributed by atoms with Gasteiger partial charge in [0.1, 0.15) is 5.76 Å². The Hall–Kier alpha value is -0.350. The minimum Gasteiger partial charge on any atom is -0.497 e. The van der Waals surface area contributed by atoms with Crippen molar-refractivity contribution in [1.82, 2.24) is 0 Å². The van der Waals surface area contributed by atoms with E-state index in [1.165, 1.54) is 0 Å². The first-order chi connectivity index (χ1) is 7.67. The van der Waals surface area contributed by atoms with Gasteiger partial charge in [-0.25, -0.2) is 0 Å². The Labute approximate surface area is 106 Å². The Kier molecular flexibility index (Phi) is 6.06. The van der Waals surface area contributed by atoms with Gasteiger partial charge in [-0.3, -0.25) is 4.99 Å². The Morgan fingerprint density at radius 3 is 3.00 bits per heavy atom. The van der Waals surface area contributed by atoms with Gasteiger partial charge in [-0.15, -0.1) is 0 Å². The summed E-state index contributed by atoms with van der Waals surface area (Å²) in [6, 6.07) is 0.336. The minimum absolute atomic E-state index is 0.242. The van der Waals surface area contributed by atoms with Gasteiger partial charge in [0.2, 0.25) is 0 Å². The van der Waals surface area contributed by atoms with Crippen LogP contribution in [0.15, 0.2) is 15.2 Å². The fourth-order valence-electron chi connectivity index (χ4n) is 1.64. The molecule has 1 heterocycles. The smallest absolute Gasteiger partial charge is 0.109 e. The summed E-state index contributed by atoms with van der Waals surface area (Å²) in [7, 11) is 1.76. The molecule has 0 aliphatic carbocycles. The van der Waals surface area contributed by atoms with Gasteiger partial charge in [-0.05, 0) is 35.7 Å². The molecule has 0 fully saturated rings. The molecule has 0 amide bonds. The Morgan fingerprint density at radius 2 is 2.38 bits per heavy atom. The third-order valence-electron chi connectivity index (χ3n) is 2.83. The Morgan fingerprint density at radius 1 is 1.62 bits per heavy atom. The van der Waals surface area contributed by atoms with Crippen molar-refractivity contribution in [3.63, 3.8) is 0 Å². The van der Waals surface area contributed by atoms with Crippen molar-refractivity contribution in [2.45, 2.75) is 45.3 Å². The van der Waals surface area contributed by atoms with E-state index in [1.807, 2.05) is 13.1 Å². The van der Waals surface area contributed by atoms with Crippen molar-refractivity contribution in [2.75, 3.05) is 13.7 Å². The lowest BCUT2D eigenvalue weighted by Gasteiger charge is -2.21. The lowest BCUT2D eigenvalue weighted by Crippen LogP contribution is -2.21. The van der Waals surface area contributed by atoms with E-state index in [4.69, 9.17) is 9.47 Å². The first-order valence-corrected chi connectivity index (χ1v) is 6.51. The summed E-state index contributed by atoms with van der Waals surface area (Å²) in [5.74, 6) is 0.885. The maximum absolute atomic E-state index is 5.59. The fourth-order valence-corrected chi connectivity index (χ4v) is 1.88. The van der Waals surface area contributed by atoms with Crippen LogP contribution in [0, 0.1) is 0 Å². The molecule has 4 heteroatoms. The van der Waals surface area contributed by atoms with E-state index in [1.54, 1.807) is 7.11 Å². The van der Waals surface area contributed by atoms with Crippen LogP contribution in [0.4, 0.5) is 0 Å². The molecule has 0 aromatic rings. The molecule has 16 heavy (non-hydrogen) atoms. The molecular formula is C12H20BrNO2. The normalized spacial score (nSPS) is 32.2. The number of allylic oxidation sites excluding steroid dienone is 2. The molecule has 1 aliphatic heterocycles. The van der Waals surface area contributed by atoms with Crippen LogP contribution in [-0.2, 0) is 9.47 Å². The second kappa shape index (κ2) is 7.07. The minimum atomic E-state index is 0.242. The molecule has 2 unspecified atom stereocenters. The molecule has 1 aliphatic rings. The number of halogens is 1. The van der Waals surface area contributed by atoms with Crippen molar-refractivity contribution < 1.29 is 9.47 Å². The van der Waals surface area contributed by atoms with Gasteiger partial charge in [-0.1, -0.05) is 6.92 Å². The van der Waals surface area contributed by atoms with Crippen LogP contribution in [-0.4, -0.2) is 32.1 Å². The molecule has 0 saturated heterocycles. The highest BCUT2D eigenvalue weighted by Gasteiger charge is 2.15. The number of methoxy groups -OCH3 is 1. The number of rotatable bonds is 2. The molecule has 1 rings (SSSR count). The zero-order chi connectivity index (χ0) is 12.0. The molecule has 3 nitrogen and oxygen atoms in total. The second-order valence-electron chi connectivity index (χ2n) is 3.97. The van der Waals surface area contributed by atoms with Crippen LogP contribution in [0.3, 0.4) is 0 Å². The van der Waals surface area contributed by atoms with Crippen molar-refractivity contribution in [3.8, 4) is 0 Å². The number of aliphatic imine (C=N–C) groups is 1. The van der Waals surface area contributed by atoms with Crippen LogP contribution in [0.2, 0.25) is 0 Å². The average molecular weight is 290 g/mol. The van der Waals surface area contributed by atoms with Gasteiger partial charge in [0, 0.05) is 19.7 Å². The zero-order valence-electron chi connectivity index (χ0n) is 10.2.